The van der Waals surface area contributed by atoms with Gasteiger partial charge in [-0.25, -0.2) is 0 Å². The predicted molar refractivity (Wildman–Crippen MR) is 97.1 cm³/mol. The molecule has 2 aromatic rings. The molecule has 1 aliphatic carbocycles. The van der Waals surface area contributed by atoms with Gasteiger partial charge >= 0.3 is 0 Å². The summed E-state index contributed by atoms with van der Waals surface area (Å²) in [6.07, 6.45) is 6.41. The molecule has 1 saturated heterocycles. The van der Waals surface area contributed by atoms with E-state index in [1.54, 1.807) is 0 Å². The number of aromatic nitrogens is 3. The Bertz CT molecular complexity index is 754. The molecule has 26 heavy (non-hydrogen) atoms. The normalized spacial score (nSPS) is 19.0. The number of carbonyl (C=O) groups excluding carboxylic acids is 2. The second kappa shape index (κ2) is 7.27. The molecule has 3 heterocycles. The van der Waals surface area contributed by atoms with Crippen molar-refractivity contribution in [2.45, 2.75) is 25.7 Å². The lowest BCUT2D eigenvalue weighted by Gasteiger charge is -2.37. The quantitative estimate of drug-likeness (QED) is 0.839. The van der Waals surface area contributed by atoms with Crippen molar-refractivity contribution >= 4 is 17.5 Å². The van der Waals surface area contributed by atoms with E-state index in [0.29, 0.717) is 44.6 Å². The Morgan fingerprint density at radius 2 is 1.54 bits per heavy atom. The Morgan fingerprint density at radius 1 is 0.923 bits per heavy atom. The van der Waals surface area contributed by atoms with Gasteiger partial charge in [0.05, 0.1) is 0 Å². The van der Waals surface area contributed by atoms with Crippen molar-refractivity contribution in [2.24, 2.45) is 5.92 Å². The molecule has 4 rings (SSSR count). The summed E-state index contributed by atoms with van der Waals surface area (Å²) >= 11 is 0. The Balaban J connectivity index is 1.33. The lowest BCUT2D eigenvalue weighted by Crippen LogP contribution is -2.51. The van der Waals surface area contributed by atoms with E-state index >= 15 is 0 Å². The minimum absolute atomic E-state index is 0.0277. The standard InChI is InChI=1S/C19H23N5O2/c25-16-5-3-15(4-6-16)19(26)24-13-11-23(12-14-24)18-8-7-17(20-21-18)22-9-1-2-10-22/h1-2,7-10,15H,3-6,11-14H2. The molecule has 2 aromatic heterocycles. The lowest BCUT2D eigenvalue weighted by atomic mass is 9.87. The minimum atomic E-state index is 0.0277. The first-order valence-corrected chi connectivity index (χ1v) is 9.23. The van der Waals surface area contributed by atoms with E-state index in [1.165, 1.54) is 0 Å². The number of rotatable bonds is 3. The number of nitrogens with zero attached hydrogens (tertiary/aromatic N) is 5. The number of ketones is 1. The number of amides is 1. The molecule has 136 valence electrons. The summed E-state index contributed by atoms with van der Waals surface area (Å²) in [5.74, 6) is 2.17. The van der Waals surface area contributed by atoms with Gasteiger partial charge in [-0.2, -0.15) is 0 Å². The molecule has 1 amide bonds. The fourth-order valence-corrected chi connectivity index (χ4v) is 3.71. The van der Waals surface area contributed by atoms with Crippen molar-refractivity contribution in [1.82, 2.24) is 19.7 Å². The summed E-state index contributed by atoms with van der Waals surface area (Å²) in [6.45, 7) is 2.92. The maximum atomic E-state index is 12.6. The van der Waals surface area contributed by atoms with Gasteiger partial charge in [-0.15, -0.1) is 10.2 Å². The van der Waals surface area contributed by atoms with Gasteiger partial charge in [-0.05, 0) is 37.1 Å². The Morgan fingerprint density at radius 3 is 2.15 bits per heavy atom. The average Bonchev–Trinajstić information content (AvgIpc) is 3.23. The molecule has 1 saturated carbocycles. The third kappa shape index (κ3) is 3.47. The monoisotopic (exact) mass is 353 g/mol. The molecule has 1 aliphatic heterocycles. The molecule has 7 nitrogen and oxygen atoms in total. The molecule has 7 heteroatoms. The number of hydrogen-bond acceptors (Lipinski definition) is 5. The maximum absolute atomic E-state index is 12.6. The van der Waals surface area contributed by atoms with Crippen LogP contribution in [0.25, 0.3) is 5.82 Å². The summed E-state index contributed by atoms with van der Waals surface area (Å²) in [5.41, 5.74) is 0. The summed E-state index contributed by atoms with van der Waals surface area (Å²) in [5, 5.41) is 8.63. The van der Waals surface area contributed by atoms with Crippen LogP contribution in [0.5, 0.6) is 0 Å². The van der Waals surface area contributed by atoms with Crippen LogP contribution in [-0.2, 0) is 9.59 Å². The number of Topliss-reactive ketones (excluding diaryl/α,β-unsaturated/α-hetero) is 1. The van der Waals surface area contributed by atoms with Crippen molar-refractivity contribution in [1.29, 1.82) is 0 Å². The molecular formula is C19H23N5O2. The highest BCUT2D eigenvalue weighted by Crippen LogP contribution is 2.24. The minimum Gasteiger partial charge on any atom is -0.352 e. The number of piperazine rings is 1. The van der Waals surface area contributed by atoms with Crippen LogP contribution in [0.2, 0.25) is 0 Å². The molecule has 0 spiro atoms. The van der Waals surface area contributed by atoms with Gasteiger partial charge in [0.15, 0.2) is 11.6 Å². The average molecular weight is 353 g/mol. The van der Waals surface area contributed by atoms with Crippen molar-refractivity contribution in [3.63, 3.8) is 0 Å². The van der Waals surface area contributed by atoms with Gasteiger partial charge < -0.3 is 14.4 Å². The van der Waals surface area contributed by atoms with Crippen molar-refractivity contribution in [3.8, 4) is 5.82 Å². The molecule has 0 radical (unpaired) electrons. The zero-order valence-electron chi connectivity index (χ0n) is 14.8. The smallest absolute Gasteiger partial charge is 0.225 e. The van der Waals surface area contributed by atoms with Crippen LogP contribution >= 0.6 is 0 Å². The topological polar surface area (TPSA) is 71.3 Å². The van der Waals surface area contributed by atoms with Crippen LogP contribution in [0.3, 0.4) is 0 Å². The highest BCUT2D eigenvalue weighted by molar-refractivity contribution is 5.84. The van der Waals surface area contributed by atoms with E-state index in [4.69, 9.17) is 0 Å². The van der Waals surface area contributed by atoms with Crippen molar-refractivity contribution in [2.75, 3.05) is 31.1 Å². The van der Waals surface area contributed by atoms with Crippen LogP contribution in [0.4, 0.5) is 5.82 Å². The first-order chi connectivity index (χ1) is 12.7. The third-order valence-corrected chi connectivity index (χ3v) is 5.31. The Labute approximate surface area is 152 Å². The highest BCUT2D eigenvalue weighted by Gasteiger charge is 2.30. The first kappa shape index (κ1) is 16.8. The van der Waals surface area contributed by atoms with Crippen LogP contribution < -0.4 is 4.90 Å². The summed E-state index contributed by atoms with van der Waals surface area (Å²) in [7, 11) is 0. The Kier molecular flexibility index (Phi) is 4.69. The summed E-state index contributed by atoms with van der Waals surface area (Å²) in [6, 6.07) is 7.84. The van der Waals surface area contributed by atoms with Crippen LogP contribution in [-0.4, -0.2) is 57.5 Å². The van der Waals surface area contributed by atoms with E-state index in [-0.39, 0.29) is 11.8 Å². The van der Waals surface area contributed by atoms with Gasteiger partial charge in [0.25, 0.3) is 0 Å². The van der Waals surface area contributed by atoms with E-state index in [1.807, 2.05) is 46.1 Å². The van der Waals surface area contributed by atoms with Crippen LogP contribution in [0.1, 0.15) is 25.7 Å². The molecule has 0 bridgehead atoms. The Hall–Kier alpha value is -2.70. The zero-order chi connectivity index (χ0) is 17.9. The zero-order valence-corrected chi connectivity index (χ0v) is 14.8. The van der Waals surface area contributed by atoms with E-state index in [9.17, 15) is 9.59 Å². The molecule has 0 aromatic carbocycles. The summed E-state index contributed by atoms with van der Waals surface area (Å²) in [4.78, 5) is 28.1. The van der Waals surface area contributed by atoms with Crippen LogP contribution in [0, 0.1) is 5.92 Å². The third-order valence-electron chi connectivity index (χ3n) is 5.31. The summed E-state index contributed by atoms with van der Waals surface area (Å²) < 4.78 is 1.92. The highest BCUT2D eigenvalue weighted by atomic mass is 16.2. The van der Waals surface area contributed by atoms with E-state index in [2.05, 4.69) is 15.1 Å². The first-order valence-electron chi connectivity index (χ1n) is 9.23. The molecular weight excluding hydrogens is 330 g/mol. The van der Waals surface area contributed by atoms with Crippen molar-refractivity contribution < 1.29 is 9.59 Å². The van der Waals surface area contributed by atoms with Gasteiger partial charge in [-0.1, -0.05) is 0 Å². The SMILES string of the molecule is O=C1CCC(C(=O)N2CCN(c3ccc(-n4cccc4)nn3)CC2)CC1. The number of hydrogen-bond donors (Lipinski definition) is 0. The predicted octanol–water partition coefficient (Wildman–Crippen LogP) is 1.68. The van der Waals surface area contributed by atoms with Crippen molar-refractivity contribution in [3.05, 3.63) is 36.7 Å². The second-order valence-corrected chi connectivity index (χ2v) is 6.97. The van der Waals surface area contributed by atoms with E-state index < -0.39 is 0 Å². The largest absolute Gasteiger partial charge is 0.352 e. The molecule has 0 unspecified atom stereocenters. The van der Waals surface area contributed by atoms with E-state index in [0.717, 1.165) is 24.7 Å². The number of anilines is 1. The van der Waals surface area contributed by atoms with Gasteiger partial charge in [0, 0.05) is 57.3 Å². The fourth-order valence-electron chi connectivity index (χ4n) is 3.71. The van der Waals surface area contributed by atoms with Gasteiger partial charge in [-0.3, -0.25) is 9.59 Å². The fraction of sp³-hybridized carbons (Fsp3) is 0.474. The molecule has 2 fully saturated rings. The van der Waals surface area contributed by atoms with Crippen LogP contribution in [0.15, 0.2) is 36.7 Å². The van der Waals surface area contributed by atoms with Gasteiger partial charge in [0.1, 0.15) is 5.78 Å². The van der Waals surface area contributed by atoms with Gasteiger partial charge in [0.2, 0.25) is 5.91 Å². The lowest BCUT2D eigenvalue weighted by molar-refractivity contribution is -0.137. The maximum Gasteiger partial charge on any atom is 0.225 e. The molecule has 0 N–H and O–H groups in total. The molecule has 2 aliphatic rings. The number of carbonyl (C=O) groups is 2. The molecule has 0 atom stereocenters. The second-order valence-electron chi connectivity index (χ2n) is 6.97.